The molecule has 0 saturated heterocycles. The van der Waals surface area contributed by atoms with Crippen molar-refractivity contribution in [1.82, 2.24) is 9.97 Å². The van der Waals surface area contributed by atoms with Crippen LogP contribution in [0, 0.1) is 5.82 Å². The van der Waals surface area contributed by atoms with Crippen molar-refractivity contribution in [3.05, 3.63) is 71.6 Å². The van der Waals surface area contributed by atoms with E-state index in [2.05, 4.69) is 14.7 Å². The molecular weight excluding hydrogens is 469 g/mol. The van der Waals surface area contributed by atoms with Crippen molar-refractivity contribution in [2.75, 3.05) is 11.0 Å². The van der Waals surface area contributed by atoms with Gasteiger partial charge < -0.3 is 0 Å². The van der Waals surface area contributed by atoms with Crippen molar-refractivity contribution in [2.24, 2.45) is 0 Å². The fraction of sp³-hybridized carbons (Fsp3) is 0.136. The van der Waals surface area contributed by atoms with E-state index in [4.69, 9.17) is 0 Å². The average Bonchev–Trinajstić information content (AvgIpc) is 3.18. The van der Waals surface area contributed by atoms with Crippen LogP contribution in [-0.4, -0.2) is 35.7 Å². The van der Waals surface area contributed by atoms with E-state index in [0.717, 1.165) is 27.6 Å². The number of sulfonamides is 1. The van der Waals surface area contributed by atoms with Crippen molar-refractivity contribution in [2.45, 2.75) is 17.2 Å². The highest BCUT2D eigenvalue weighted by Crippen LogP contribution is 2.39. The van der Waals surface area contributed by atoms with E-state index in [1.54, 1.807) is 43.3 Å². The Labute approximate surface area is 193 Å². The molecule has 32 heavy (non-hydrogen) atoms. The lowest BCUT2D eigenvalue weighted by molar-refractivity contribution is 0.0994. The Morgan fingerprint density at radius 3 is 2.44 bits per heavy atom. The number of fused-ring (bicyclic) bond motifs is 1. The quantitative estimate of drug-likeness (QED) is 0.218. The zero-order chi connectivity index (χ0) is 22.9. The summed E-state index contributed by atoms with van der Waals surface area (Å²) in [5.74, 6) is -0.415. The molecule has 0 aliphatic carbocycles. The van der Waals surface area contributed by atoms with E-state index < -0.39 is 15.3 Å². The van der Waals surface area contributed by atoms with Gasteiger partial charge in [-0.25, -0.2) is 22.8 Å². The third-order valence-corrected chi connectivity index (χ3v) is 7.21. The zero-order valence-electron chi connectivity index (χ0n) is 17.1. The van der Waals surface area contributed by atoms with E-state index >= 15 is 0 Å². The molecule has 1 N–H and O–H groups in total. The number of aromatic nitrogens is 2. The van der Waals surface area contributed by atoms with Crippen LogP contribution in [0.3, 0.4) is 0 Å². The molecule has 0 unspecified atom stereocenters. The van der Waals surface area contributed by atoms with Crippen LogP contribution in [0.15, 0.2) is 65.3 Å². The molecule has 4 rings (SSSR count). The largest absolute Gasteiger partial charge is 0.293 e. The van der Waals surface area contributed by atoms with Crippen LogP contribution < -0.4 is 4.72 Å². The van der Waals surface area contributed by atoms with Crippen LogP contribution in [0.1, 0.15) is 17.3 Å². The number of benzene rings is 2. The molecule has 2 heterocycles. The number of nitrogens with one attached hydrogen (secondary N) is 1. The molecule has 2 aromatic carbocycles. The molecule has 0 aliphatic heterocycles. The van der Waals surface area contributed by atoms with E-state index in [9.17, 15) is 17.6 Å². The minimum atomic E-state index is -3.39. The Hall–Kier alpha value is -2.82. The number of anilines is 1. The number of hydrogen-bond donors (Lipinski definition) is 1. The normalized spacial score (nSPS) is 12.6. The van der Waals surface area contributed by atoms with Gasteiger partial charge in [0.25, 0.3) is 0 Å². The summed E-state index contributed by atoms with van der Waals surface area (Å²) in [6.45, 7) is 1.80. The second-order valence-electron chi connectivity index (χ2n) is 7.09. The highest BCUT2D eigenvalue weighted by molar-refractivity contribution is 8.00. The SMILES string of the molecule is C[C@@H](Sc1ncnc2scc(-c3ccc(F)cc3)c12)C(=O)c1ccc(NS(C)(=O)=O)cc1. The standard InChI is InChI=1S/C22H18FN3O3S3/c1-13(20(27)15-5-9-17(10-6-15)26-32(2,28)29)31-22-19-18(11-30-21(19)24-12-25-22)14-3-7-16(23)8-4-14/h3-13,26H,1-2H3/t13-/m1/s1. The second kappa shape index (κ2) is 8.97. The first-order valence-electron chi connectivity index (χ1n) is 9.48. The van der Waals surface area contributed by atoms with Crippen LogP contribution in [0.2, 0.25) is 0 Å². The van der Waals surface area contributed by atoms with Gasteiger partial charge in [-0.1, -0.05) is 23.9 Å². The van der Waals surface area contributed by atoms with Crippen LogP contribution >= 0.6 is 23.1 Å². The predicted octanol–water partition coefficient (Wildman–Crippen LogP) is 5.23. The van der Waals surface area contributed by atoms with Gasteiger partial charge in [0.15, 0.2) is 5.78 Å². The molecule has 164 valence electrons. The highest BCUT2D eigenvalue weighted by atomic mass is 32.2. The molecule has 4 aromatic rings. The van der Waals surface area contributed by atoms with Crippen molar-refractivity contribution in [1.29, 1.82) is 0 Å². The molecule has 0 saturated carbocycles. The Bertz CT molecular complexity index is 1390. The number of halogens is 1. The van der Waals surface area contributed by atoms with E-state index in [1.807, 2.05) is 5.38 Å². The van der Waals surface area contributed by atoms with E-state index in [1.165, 1.54) is 41.6 Å². The lowest BCUT2D eigenvalue weighted by Crippen LogP contribution is -2.14. The topological polar surface area (TPSA) is 89.0 Å². The van der Waals surface area contributed by atoms with Gasteiger partial charge >= 0.3 is 0 Å². The van der Waals surface area contributed by atoms with Crippen LogP contribution in [0.4, 0.5) is 10.1 Å². The molecule has 0 fully saturated rings. The van der Waals surface area contributed by atoms with Gasteiger partial charge in [0.2, 0.25) is 10.0 Å². The molecule has 0 radical (unpaired) electrons. The number of thiophene rings is 1. The maximum atomic E-state index is 13.4. The first-order chi connectivity index (χ1) is 15.2. The van der Waals surface area contributed by atoms with Crippen molar-refractivity contribution < 1.29 is 17.6 Å². The maximum Gasteiger partial charge on any atom is 0.229 e. The van der Waals surface area contributed by atoms with Crippen molar-refractivity contribution in [3.8, 4) is 11.1 Å². The van der Waals surface area contributed by atoms with Gasteiger partial charge in [-0.2, -0.15) is 0 Å². The summed E-state index contributed by atoms with van der Waals surface area (Å²) in [4.78, 5) is 22.5. The summed E-state index contributed by atoms with van der Waals surface area (Å²) < 4.78 is 38.4. The Balaban J connectivity index is 1.60. The smallest absolute Gasteiger partial charge is 0.229 e. The van der Waals surface area contributed by atoms with Gasteiger partial charge in [-0.05, 0) is 48.9 Å². The minimum absolute atomic E-state index is 0.105. The molecule has 0 spiro atoms. The number of Topliss-reactive ketones (excluding diaryl/α,β-unsaturated/α-hetero) is 1. The first kappa shape index (κ1) is 22.4. The minimum Gasteiger partial charge on any atom is -0.293 e. The summed E-state index contributed by atoms with van der Waals surface area (Å²) >= 11 is 2.79. The van der Waals surface area contributed by atoms with Crippen LogP contribution in [0.5, 0.6) is 0 Å². The Kier molecular flexibility index (Phi) is 6.27. The highest BCUT2D eigenvalue weighted by Gasteiger charge is 2.21. The summed E-state index contributed by atoms with van der Waals surface area (Å²) in [6, 6.07) is 12.5. The third-order valence-electron chi connectivity index (χ3n) is 4.62. The Morgan fingerprint density at radius 1 is 1.09 bits per heavy atom. The molecule has 6 nitrogen and oxygen atoms in total. The van der Waals surface area contributed by atoms with Crippen molar-refractivity contribution in [3.63, 3.8) is 0 Å². The number of rotatable bonds is 7. The number of carbonyl (C=O) groups is 1. The number of hydrogen-bond acceptors (Lipinski definition) is 7. The summed E-state index contributed by atoms with van der Waals surface area (Å²) in [6.07, 6.45) is 2.54. The lowest BCUT2D eigenvalue weighted by atomic mass is 10.1. The molecule has 0 amide bonds. The molecule has 0 bridgehead atoms. The first-order valence-corrected chi connectivity index (χ1v) is 13.1. The zero-order valence-corrected chi connectivity index (χ0v) is 19.5. The maximum absolute atomic E-state index is 13.4. The molecular formula is C22H18FN3O3S3. The molecule has 2 aromatic heterocycles. The fourth-order valence-corrected chi connectivity index (χ4v) is 5.71. The number of nitrogens with zero attached hydrogens (tertiary/aromatic N) is 2. The van der Waals surface area contributed by atoms with Crippen molar-refractivity contribution >= 4 is 54.8 Å². The number of ketones is 1. The fourth-order valence-electron chi connectivity index (χ4n) is 3.15. The van der Waals surface area contributed by atoms with Crippen LogP contribution in [-0.2, 0) is 10.0 Å². The number of thioether (sulfide) groups is 1. The average molecular weight is 488 g/mol. The summed E-state index contributed by atoms with van der Waals surface area (Å²) in [7, 11) is -3.39. The van der Waals surface area contributed by atoms with Gasteiger partial charge in [0.05, 0.1) is 16.9 Å². The Morgan fingerprint density at radius 2 is 1.78 bits per heavy atom. The van der Waals surface area contributed by atoms with Gasteiger partial charge in [0.1, 0.15) is 22.0 Å². The lowest BCUT2D eigenvalue weighted by Gasteiger charge is -2.12. The van der Waals surface area contributed by atoms with Crippen LogP contribution in [0.25, 0.3) is 21.3 Å². The second-order valence-corrected chi connectivity index (χ2v) is 11.0. The predicted molar refractivity (Wildman–Crippen MR) is 127 cm³/mol. The monoisotopic (exact) mass is 487 g/mol. The van der Waals surface area contributed by atoms with Gasteiger partial charge in [0, 0.05) is 22.2 Å². The van der Waals surface area contributed by atoms with E-state index in [0.29, 0.717) is 16.3 Å². The summed E-state index contributed by atoms with van der Waals surface area (Å²) in [5, 5.41) is 3.02. The number of carbonyl (C=O) groups excluding carboxylic acids is 1. The molecule has 0 aliphatic rings. The molecule has 1 atom stereocenters. The van der Waals surface area contributed by atoms with E-state index in [-0.39, 0.29) is 11.6 Å². The van der Waals surface area contributed by atoms with Gasteiger partial charge in [-0.3, -0.25) is 9.52 Å². The third kappa shape index (κ3) is 4.98. The summed E-state index contributed by atoms with van der Waals surface area (Å²) in [5.41, 5.74) is 2.61. The van der Waals surface area contributed by atoms with Gasteiger partial charge in [-0.15, -0.1) is 11.3 Å². The molecule has 10 heteroatoms.